The summed E-state index contributed by atoms with van der Waals surface area (Å²) in [6, 6.07) is 1.48. The number of nitrogens with zero attached hydrogens (tertiary/aromatic N) is 4. The maximum absolute atomic E-state index is 11.7. The van der Waals surface area contributed by atoms with E-state index in [-0.39, 0.29) is 5.15 Å². The van der Waals surface area contributed by atoms with Crippen LogP contribution in [0.5, 0.6) is 0 Å². The van der Waals surface area contributed by atoms with E-state index >= 15 is 0 Å². The Morgan fingerprint density at radius 3 is 2.92 bits per heavy atom. The zero-order valence-electron chi connectivity index (χ0n) is 13.7. The molecule has 0 aliphatic carbocycles. The first-order valence-electron chi connectivity index (χ1n) is 7.99. The molecule has 24 heavy (non-hydrogen) atoms. The molecule has 1 aliphatic heterocycles. The topological polar surface area (TPSA) is 85.0 Å². The lowest BCUT2D eigenvalue weighted by Crippen LogP contribution is -2.36. The van der Waals surface area contributed by atoms with Crippen molar-refractivity contribution in [2.75, 3.05) is 18.0 Å². The Balaban J connectivity index is 1.84. The molecule has 2 N–H and O–H groups in total. The number of thiazole rings is 1. The number of carbonyl (C=O) groups excluding carboxylic acids is 1. The van der Waals surface area contributed by atoms with Crippen molar-refractivity contribution in [1.29, 1.82) is 0 Å². The number of hydrogen-bond acceptors (Lipinski definition) is 6. The minimum Gasteiger partial charge on any atom is -0.365 e. The third-order valence-corrected chi connectivity index (χ3v) is 5.42. The second-order valence-corrected chi connectivity index (χ2v) is 7.60. The predicted octanol–water partition coefficient (Wildman–Crippen LogP) is 3.19. The fourth-order valence-electron chi connectivity index (χ4n) is 2.90. The van der Waals surface area contributed by atoms with Crippen molar-refractivity contribution in [1.82, 2.24) is 15.2 Å². The zero-order chi connectivity index (χ0) is 17.3. The third kappa shape index (κ3) is 3.52. The monoisotopic (exact) mass is 365 g/mol. The summed E-state index contributed by atoms with van der Waals surface area (Å²) in [6.07, 6.45) is 2.08. The molecule has 1 atom stereocenters. The smallest absolute Gasteiger partial charge is 0.252 e. The Morgan fingerprint density at radius 1 is 1.46 bits per heavy atom. The van der Waals surface area contributed by atoms with Crippen molar-refractivity contribution in [3.63, 3.8) is 0 Å². The second kappa shape index (κ2) is 7.03. The van der Waals surface area contributed by atoms with Crippen LogP contribution in [0, 0.1) is 0 Å². The van der Waals surface area contributed by atoms with E-state index in [2.05, 4.69) is 34.3 Å². The largest absolute Gasteiger partial charge is 0.365 e. The van der Waals surface area contributed by atoms with Crippen LogP contribution in [-0.4, -0.2) is 34.2 Å². The SMILES string of the molecule is CC(C)c1csc(C2CCCN(c3nnc(Cl)cc3C(N)=O)C2)n1. The van der Waals surface area contributed by atoms with Gasteiger partial charge in [-0.2, -0.15) is 0 Å². The summed E-state index contributed by atoms with van der Waals surface area (Å²) in [7, 11) is 0. The van der Waals surface area contributed by atoms with Gasteiger partial charge in [0.1, 0.15) is 0 Å². The van der Waals surface area contributed by atoms with Crippen molar-refractivity contribution in [3.05, 3.63) is 32.9 Å². The summed E-state index contributed by atoms with van der Waals surface area (Å²) in [5.74, 6) is 0.727. The molecule has 6 nitrogen and oxygen atoms in total. The van der Waals surface area contributed by atoms with Gasteiger partial charge in [-0.3, -0.25) is 4.79 Å². The molecule has 2 aromatic heterocycles. The highest BCUT2D eigenvalue weighted by Gasteiger charge is 2.27. The van der Waals surface area contributed by atoms with Crippen LogP contribution in [0.3, 0.4) is 0 Å². The van der Waals surface area contributed by atoms with Crippen LogP contribution in [-0.2, 0) is 0 Å². The standard InChI is InChI=1S/C16H20ClN5OS/c1-9(2)12-8-24-16(19-12)10-4-3-5-22(7-10)15-11(14(18)23)6-13(17)20-21-15/h6,8-10H,3-5,7H2,1-2H3,(H2,18,23). The highest BCUT2D eigenvalue weighted by molar-refractivity contribution is 7.09. The summed E-state index contributed by atoms with van der Waals surface area (Å²) >= 11 is 7.56. The van der Waals surface area contributed by atoms with E-state index in [1.807, 2.05) is 0 Å². The van der Waals surface area contributed by atoms with Gasteiger partial charge in [-0.05, 0) is 24.8 Å². The third-order valence-electron chi connectivity index (χ3n) is 4.21. The van der Waals surface area contributed by atoms with E-state index in [0.717, 1.165) is 36.6 Å². The molecular formula is C16H20ClN5OS. The molecule has 0 aromatic carbocycles. The fourth-order valence-corrected chi connectivity index (χ4v) is 4.16. The van der Waals surface area contributed by atoms with Gasteiger partial charge in [-0.1, -0.05) is 25.4 Å². The van der Waals surface area contributed by atoms with Gasteiger partial charge in [-0.25, -0.2) is 4.98 Å². The molecular weight excluding hydrogens is 346 g/mol. The molecule has 1 amide bonds. The minimum absolute atomic E-state index is 0.169. The van der Waals surface area contributed by atoms with Gasteiger partial charge in [-0.15, -0.1) is 21.5 Å². The van der Waals surface area contributed by atoms with Gasteiger partial charge in [0.2, 0.25) is 0 Å². The fraction of sp³-hybridized carbons (Fsp3) is 0.500. The maximum atomic E-state index is 11.7. The molecule has 1 fully saturated rings. The molecule has 8 heteroatoms. The van der Waals surface area contributed by atoms with Crippen LogP contribution in [0.1, 0.15) is 59.6 Å². The van der Waals surface area contributed by atoms with Gasteiger partial charge < -0.3 is 10.6 Å². The zero-order valence-corrected chi connectivity index (χ0v) is 15.3. The molecule has 0 bridgehead atoms. The highest BCUT2D eigenvalue weighted by Crippen LogP contribution is 2.33. The number of primary amides is 1. The van der Waals surface area contributed by atoms with Gasteiger partial charge in [0.05, 0.1) is 16.3 Å². The number of rotatable bonds is 4. The Labute approximate surface area is 150 Å². The molecule has 1 saturated heterocycles. The molecule has 0 spiro atoms. The molecule has 3 heterocycles. The molecule has 1 aliphatic rings. The van der Waals surface area contributed by atoms with Crippen LogP contribution in [0.4, 0.5) is 5.82 Å². The van der Waals surface area contributed by atoms with Gasteiger partial charge in [0.15, 0.2) is 11.0 Å². The van der Waals surface area contributed by atoms with Crippen molar-refractivity contribution in [3.8, 4) is 0 Å². The van der Waals surface area contributed by atoms with Crippen LogP contribution in [0.15, 0.2) is 11.4 Å². The number of amides is 1. The molecule has 0 saturated carbocycles. The first-order chi connectivity index (χ1) is 11.5. The summed E-state index contributed by atoms with van der Waals surface area (Å²) in [4.78, 5) is 18.5. The van der Waals surface area contributed by atoms with Crippen molar-refractivity contribution in [2.45, 2.75) is 38.5 Å². The van der Waals surface area contributed by atoms with E-state index in [4.69, 9.17) is 22.3 Å². The average Bonchev–Trinajstić information content (AvgIpc) is 3.05. The Morgan fingerprint density at radius 2 is 2.25 bits per heavy atom. The van der Waals surface area contributed by atoms with Crippen molar-refractivity contribution >= 4 is 34.7 Å². The number of hydrogen-bond donors (Lipinski definition) is 1. The summed E-state index contributed by atoms with van der Waals surface area (Å²) < 4.78 is 0. The lowest BCUT2D eigenvalue weighted by molar-refractivity contribution is 0.1000. The summed E-state index contributed by atoms with van der Waals surface area (Å²) in [6.45, 7) is 5.86. The predicted molar refractivity (Wildman–Crippen MR) is 96.0 cm³/mol. The number of nitrogens with two attached hydrogens (primary N) is 1. The van der Waals surface area contributed by atoms with Crippen LogP contribution < -0.4 is 10.6 Å². The van der Waals surface area contributed by atoms with E-state index in [0.29, 0.717) is 23.2 Å². The highest BCUT2D eigenvalue weighted by atomic mass is 35.5. The second-order valence-electron chi connectivity index (χ2n) is 6.32. The lowest BCUT2D eigenvalue weighted by Gasteiger charge is -2.33. The number of piperidine rings is 1. The van der Waals surface area contributed by atoms with E-state index in [1.54, 1.807) is 11.3 Å². The van der Waals surface area contributed by atoms with E-state index < -0.39 is 5.91 Å². The van der Waals surface area contributed by atoms with Crippen molar-refractivity contribution < 1.29 is 4.79 Å². The van der Waals surface area contributed by atoms with E-state index in [9.17, 15) is 4.79 Å². The van der Waals surface area contributed by atoms with Gasteiger partial charge in [0, 0.05) is 24.4 Å². The van der Waals surface area contributed by atoms with Gasteiger partial charge in [0.25, 0.3) is 5.91 Å². The number of carbonyl (C=O) groups is 1. The summed E-state index contributed by atoms with van der Waals surface area (Å²) in [5, 5.41) is 11.4. The Hall–Kier alpha value is -1.73. The molecule has 128 valence electrons. The Bertz CT molecular complexity index is 748. The minimum atomic E-state index is -0.541. The van der Waals surface area contributed by atoms with E-state index in [1.165, 1.54) is 6.07 Å². The number of halogens is 1. The number of aromatic nitrogens is 3. The molecule has 3 rings (SSSR count). The average molecular weight is 366 g/mol. The first-order valence-corrected chi connectivity index (χ1v) is 9.24. The van der Waals surface area contributed by atoms with Crippen molar-refractivity contribution in [2.24, 2.45) is 5.73 Å². The van der Waals surface area contributed by atoms with Gasteiger partial charge >= 0.3 is 0 Å². The maximum Gasteiger partial charge on any atom is 0.252 e. The molecule has 0 radical (unpaired) electrons. The quantitative estimate of drug-likeness (QED) is 0.899. The van der Waals surface area contributed by atoms with Crippen LogP contribution in [0.25, 0.3) is 0 Å². The molecule has 2 aromatic rings. The summed E-state index contributed by atoms with van der Waals surface area (Å²) in [5.41, 5.74) is 6.92. The number of anilines is 1. The van der Waals surface area contributed by atoms with Crippen LogP contribution in [0.2, 0.25) is 5.15 Å². The molecule has 1 unspecified atom stereocenters. The normalized spacial score (nSPS) is 18.2. The van der Waals surface area contributed by atoms with Crippen LogP contribution >= 0.6 is 22.9 Å². The Kier molecular flexibility index (Phi) is 5.01. The first kappa shape index (κ1) is 17.1. The lowest BCUT2D eigenvalue weighted by atomic mass is 9.98.